The van der Waals surface area contributed by atoms with Gasteiger partial charge in [-0.2, -0.15) is 0 Å². The molecule has 0 atom stereocenters. The van der Waals surface area contributed by atoms with Crippen LogP contribution in [0.3, 0.4) is 0 Å². The number of amides is 1. The summed E-state index contributed by atoms with van der Waals surface area (Å²) in [5, 5.41) is 2.96. The summed E-state index contributed by atoms with van der Waals surface area (Å²) in [6.07, 6.45) is 3.12. The molecule has 4 nitrogen and oxygen atoms in total. The number of nitrogens with one attached hydrogen (secondary N) is 1. The van der Waals surface area contributed by atoms with E-state index < -0.39 is 0 Å². The van der Waals surface area contributed by atoms with Crippen molar-refractivity contribution in [1.82, 2.24) is 5.32 Å². The molecule has 0 heterocycles. The first-order valence-electron chi connectivity index (χ1n) is 7.91. The number of nitrogens with two attached hydrogens (primary N) is 1. The van der Waals surface area contributed by atoms with Gasteiger partial charge in [0.05, 0.1) is 7.11 Å². The molecule has 1 amide bonds. The molecule has 0 aliphatic rings. The highest BCUT2D eigenvalue weighted by Crippen LogP contribution is 2.13. The number of methoxy groups -OCH3 is 1. The van der Waals surface area contributed by atoms with Crippen LogP contribution in [0.4, 0.5) is 5.69 Å². The monoisotopic (exact) mass is 348 g/mol. The first kappa shape index (κ1) is 19.8. The summed E-state index contributed by atoms with van der Waals surface area (Å²) >= 11 is 0. The van der Waals surface area contributed by atoms with Gasteiger partial charge < -0.3 is 15.8 Å². The Balaban J connectivity index is 0.00000288. The summed E-state index contributed by atoms with van der Waals surface area (Å²) in [7, 11) is 1.66. The molecule has 0 fully saturated rings. The van der Waals surface area contributed by atoms with E-state index in [9.17, 15) is 4.79 Å². The van der Waals surface area contributed by atoms with Crippen LogP contribution in [0.5, 0.6) is 5.75 Å². The number of hydrogen-bond donors (Lipinski definition) is 2. The highest BCUT2D eigenvalue weighted by atomic mass is 35.5. The predicted molar refractivity (Wildman–Crippen MR) is 101 cm³/mol. The lowest BCUT2D eigenvalue weighted by atomic mass is 10.1. The third kappa shape index (κ3) is 6.92. The van der Waals surface area contributed by atoms with E-state index in [1.165, 1.54) is 11.1 Å². The third-order valence-corrected chi connectivity index (χ3v) is 3.74. The second-order valence-corrected chi connectivity index (χ2v) is 5.54. The molecular weight excluding hydrogens is 324 g/mol. The molecule has 0 saturated heterocycles. The van der Waals surface area contributed by atoms with E-state index in [-0.39, 0.29) is 18.3 Å². The van der Waals surface area contributed by atoms with Crippen LogP contribution >= 0.6 is 12.4 Å². The maximum atomic E-state index is 11.8. The Morgan fingerprint density at radius 2 is 1.58 bits per heavy atom. The minimum atomic E-state index is 0. The fourth-order valence-electron chi connectivity index (χ4n) is 2.36. The number of carbonyl (C=O) groups excluding carboxylic acids is 1. The Labute approximate surface area is 149 Å². The van der Waals surface area contributed by atoms with Crippen LogP contribution in [0.2, 0.25) is 0 Å². The second kappa shape index (κ2) is 10.6. The van der Waals surface area contributed by atoms with Gasteiger partial charge in [0.1, 0.15) is 5.75 Å². The van der Waals surface area contributed by atoms with Crippen LogP contribution in [-0.2, 0) is 17.6 Å². The number of ether oxygens (including phenoxy) is 1. The number of nitrogen functional groups attached to an aromatic ring is 1. The number of rotatable bonds is 8. The number of carbonyl (C=O) groups is 1. The molecule has 5 heteroatoms. The fraction of sp³-hybridized carbons (Fsp3) is 0.316. The van der Waals surface area contributed by atoms with E-state index in [2.05, 4.69) is 5.32 Å². The van der Waals surface area contributed by atoms with Crippen LogP contribution < -0.4 is 15.8 Å². The van der Waals surface area contributed by atoms with Crippen molar-refractivity contribution >= 4 is 24.0 Å². The smallest absolute Gasteiger partial charge is 0.220 e. The molecular formula is C19H25ClN2O2. The van der Waals surface area contributed by atoms with Crippen molar-refractivity contribution in [3.8, 4) is 5.75 Å². The quantitative estimate of drug-likeness (QED) is 0.719. The Bertz CT molecular complexity index is 612. The van der Waals surface area contributed by atoms with Crippen LogP contribution in [0.25, 0.3) is 0 Å². The summed E-state index contributed by atoms with van der Waals surface area (Å²) in [4.78, 5) is 11.8. The number of benzene rings is 2. The SMILES string of the molecule is COc1ccc(CCCC(=O)NCCc2ccc(N)cc2)cc1.Cl. The highest BCUT2D eigenvalue weighted by molar-refractivity contribution is 5.85. The van der Waals surface area contributed by atoms with E-state index in [1.54, 1.807) is 7.11 Å². The summed E-state index contributed by atoms with van der Waals surface area (Å²) in [6.45, 7) is 0.658. The van der Waals surface area contributed by atoms with Crippen molar-refractivity contribution in [3.63, 3.8) is 0 Å². The molecule has 0 unspecified atom stereocenters. The molecule has 2 rings (SSSR count). The first-order chi connectivity index (χ1) is 11.2. The minimum Gasteiger partial charge on any atom is -0.497 e. The lowest BCUT2D eigenvalue weighted by molar-refractivity contribution is -0.121. The zero-order valence-electron chi connectivity index (χ0n) is 14.0. The molecule has 2 aromatic carbocycles. The van der Waals surface area contributed by atoms with E-state index in [4.69, 9.17) is 10.5 Å². The third-order valence-electron chi connectivity index (χ3n) is 3.74. The van der Waals surface area contributed by atoms with Crippen LogP contribution in [0.1, 0.15) is 24.0 Å². The van der Waals surface area contributed by atoms with Gasteiger partial charge in [-0.15, -0.1) is 12.4 Å². The molecule has 24 heavy (non-hydrogen) atoms. The Morgan fingerprint density at radius 3 is 2.21 bits per heavy atom. The van der Waals surface area contributed by atoms with Crippen LogP contribution in [-0.4, -0.2) is 19.6 Å². The van der Waals surface area contributed by atoms with E-state index in [0.29, 0.717) is 13.0 Å². The van der Waals surface area contributed by atoms with Gasteiger partial charge in [0, 0.05) is 18.7 Å². The van der Waals surface area contributed by atoms with Crippen LogP contribution in [0, 0.1) is 0 Å². The molecule has 0 bridgehead atoms. The molecule has 2 aromatic rings. The highest BCUT2D eigenvalue weighted by Gasteiger charge is 2.02. The Hall–Kier alpha value is -2.20. The maximum absolute atomic E-state index is 11.8. The molecule has 0 aliphatic carbocycles. The largest absolute Gasteiger partial charge is 0.497 e. The van der Waals surface area contributed by atoms with Gasteiger partial charge in [-0.25, -0.2) is 0 Å². The second-order valence-electron chi connectivity index (χ2n) is 5.54. The Morgan fingerprint density at radius 1 is 1.00 bits per heavy atom. The number of aryl methyl sites for hydroxylation is 1. The van der Waals surface area contributed by atoms with Gasteiger partial charge >= 0.3 is 0 Å². The number of halogens is 1. The molecule has 0 saturated carbocycles. The fourth-order valence-corrected chi connectivity index (χ4v) is 2.36. The number of hydrogen-bond acceptors (Lipinski definition) is 3. The van der Waals surface area contributed by atoms with Crippen LogP contribution in [0.15, 0.2) is 48.5 Å². The van der Waals surface area contributed by atoms with Crippen molar-refractivity contribution in [2.75, 3.05) is 19.4 Å². The molecule has 0 radical (unpaired) electrons. The Kier molecular flexibility index (Phi) is 8.72. The van der Waals surface area contributed by atoms with Gasteiger partial charge in [-0.3, -0.25) is 4.79 Å². The molecule has 0 spiro atoms. The first-order valence-corrected chi connectivity index (χ1v) is 7.91. The van der Waals surface area contributed by atoms with E-state index in [1.807, 2.05) is 48.5 Å². The summed E-state index contributed by atoms with van der Waals surface area (Å²) in [6, 6.07) is 15.7. The summed E-state index contributed by atoms with van der Waals surface area (Å²) < 4.78 is 5.13. The normalized spacial score (nSPS) is 9.88. The van der Waals surface area contributed by atoms with Gasteiger partial charge in [0.2, 0.25) is 5.91 Å². The summed E-state index contributed by atoms with van der Waals surface area (Å²) in [5.41, 5.74) is 8.81. The molecule has 0 aromatic heterocycles. The zero-order chi connectivity index (χ0) is 16.5. The lowest BCUT2D eigenvalue weighted by Gasteiger charge is -2.06. The van der Waals surface area contributed by atoms with Crippen molar-refractivity contribution in [3.05, 3.63) is 59.7 Å². The maximum Gasteiger partial charge on any atom is 0.220 e. The van der Waals surface area contributed by atoms with E-state index >= 15 is 0 Å². The van der Waals surface area contributed by atoms with Crippen molar-refractivity contribution in [2.45, 2.75) is 25.7 Å². The van der Waals surface area contributed by atoms with Gasteiger partial charge in [0.15, 0.2) is 0 Å². The minimum absolute atomic E-state index is 0. The predicted octanol–water partition coefficient (Wildman–Crippen LogP) is 3.38. The molecule has 130 valence electrons. The standard InChI is InChI=1S/C19H24N2O2.ClH/c1-23-18-11-7-15(8-12-18)3-2-4-19(22)21-14-13-16-5-9-17(20)10-6-16;/h5-12H,2-4,13-14,20H2,1H3,(H,21,22);1H. The van der Waals surface area contributed by atoms with Gasteiger partial charge in [0.25, 0.3) is 0 Å². The topological polar surface area (TPSA) is 64.3 Å². The van der Waals surface area contributed by atoms with E-state index in [0.717, 1.165) is 30.7 Å². The van der Waals surface area contributed by atoms with Gasteiger partial charge in [-0.1, -0.05) is 24.3 Å². The molecule has 0 aliphatic heterocycles. The van der Waals surface area contributed by atoms with Crippen molar-refractivity contribution < 1.29 is 9.53 Å². The van der Waals surface area contributed by atoms with Gasteiger partial charge in [-0.05, 0) is 54.7 Å². The molecule has 3 N–H and O–H groups in total. The lowest BCUT2D eigenvalue weighted by Crippen LogP contribution is -2.25. The average molecular weight is 349 g/mol. The van der Waals surface area contributed by atoms with Crippen molar-refractivity contribution in [1.29, 1.82) is 0 Å². The zero-order valence-corrected chi connectivity index (χ0v) is 14.8. The van der Waals surface area contributed by atoms with Crippen molar-refractivity contribution in [2.24, 2.45) is 0 Å². The average Bonchev–Trinajstić information content (AvgIpc) is 2.57. The number of anilines is 1. The summed E-state index contributed by atoms with van der Waals surface area (Å²) in [5.74, 6) is 0.961.